The van der Waals surface area contributed by atoms with Gasteiger partial charge in [-0.05, 0) is 12.5 Å². The lowest BCUT2D eigenvalue weighted by atomic mass is 10.1. The number of amides is 1. The van der Waals surface area contributed by atoms with Gasteiger partial charge in [0.2, 0.25) is 0 Å². The molecule has 0 heterocycles. The van der Waals surface area contributed by atoms with Crippen molar-refractivity contribution in [1.29, 1.82) is 5.26 Å². The molecule has 1 atom stereocenters. The van der Waals surface area contributed by atoms with Gasteiger partial charge in [-0.1, -0.05) is 30.3 Å². The van der Waals surface area contributed by atoms with Gasteiger partial charge in [-0.15, -0.1) is 0 Å². The topological polar surface area (TPSA) is 93.3 Å². The van der Waals surface area contributed by atoms with Crippen molar-refractivity contribution >= 4 is 5.91 Å². The fraction of sp³-hybridized carbons (Fsp3) is 0.231. The number of nitriles is 1. The lowest BCUT2D eigenvalue weighted by molar-refractivity contribution is -0.117. The van der Waals surface area contributed by atoms with E-state index in [-0.39, 0.29) is 17.9 Å². The average Bonchev–Trinajstić information content (AvgIpc) is 2.37. The second-order valence-corrected chi connectivity index (χ2v) is 3.71. The molecule has 0 saturated carbocycles. The normalized spacial score (nSPS) is 13.2. The molecule has 0 radical (unpaired) electrons. The molecule has 3 N–H and O–H groups in total. The molecule has 0 aliphatic rings. The van der Waals surface area contributed by atoms with Crippen LogP contribution in [0.3, 0.4) is 0 Å². The van der Waals surface area contributed by atoms with Gasteiger partial charge in [0.15, 0.2) is 5.57 Å². The van der Waals surface area contributed by atoms with Crippen molar-refractivity contribution in [2.24, 2.45) is 0 Å². The Kier molecular flexibility index (Phi) is 4.90. The number of hydrogen-bond acceptors (Lipinski definition) is 4. The van der Waals surface area contributed by atoms with Crippen LogP contribution in [0.5, 0.6) is 0 Å². The molecule has 1 aromatic carbocycles. The van der Waals surface area contributed by atoms with Crippen LogP contribution < -0.4 is 5.32 Å². The Hall–Kier alpha value is -2.32. The summed E-state index contributed by atoms with van der Waals surface area (Å²) in [6.07, 6.45) is -0.853. The molecule has 1 unspecified atom stereocenters. The smallest absolute Gasteiger partial charge is 0.265 e. The Labute approximate surface area is 105 Å². The number of hydrogen-bond donors (Lipinski definition) is 3. The Bertz CT molecular complexity index is 485. The van der Waals surface area contributed by atoms with Crippen molar-refractivity contribution in [2.75, 3.05) is 6.54 Å². The molecule has 1 amide bonds. The van der Waals surface area contributed by atoms with Crippen molar-refractivity contribution in [3.05, 3.63) is 47.2 Å². The number of benzene rings is 1. The van der Waals surface area contributed by atoms with Crippen molar-refractivity contribution in [2.45, 2.75) is 13.0 Å². The number of allylic oxidation sites excluding steroid dienone is 1. The van der Waals surface area contributed by atoms with Gasteiger partial charge in [0, 0.05) is 6.54 Å². The van der Waals surface area contributed by atoms with Crippen LogP contribution in [0, 0.1) is 11.3 Å². The Morgan fingerprint density at radius 2 is 2.06 bits per heavy atom. The standard InChI is InChI=1S/C13H14N2O3/c1-9(16)11(7-14)13(18)15-8-12(17)10-5-3-2-4-6-10/h2-6,12,16-17H,8H2,1H3,(H,15,18). The van der Waals surface area contributed by atoms with Crippen molar-refractivity contribution < 1.29 is 15.0 Å². The zero-order valence-electron chi connectivity index (χ0n) is 9.92. The third kappa shape index (κ3) is 3.61. The van der Waals surface area contributed by atoms with Gasteiger partial charge in [0.05, 0.1) is 6.10 Å². The van der Waals surface area contributed by atoms with E-state index >= 15 is 0 Å². The summed E-state index contributed by atoms with van der Waals surface area (Å²) >= 11 is 0. The fourth-order valence-corrected chi connectivity index (χ4v) is 1.37. The lowest BCUT2D eigenvalue weighted by Crippen LogP contribution is -2.29. The first-order valence-corrected chi connectivity index (χ1v) is 5.37. The molecule has 18 heavy (non-hydrogen) atoms. The summed E-state index contributed by atoms with van der Waals surface area (Å²) in [6, 6.07) is 10.4. The molecule has 0 bridgehead atoms. The van der Waals surface area contributed by atoms with Crippen LogP contribution >= 0.6 is 0 Å². The largest absolute Gasteiger partial charge is 0.511 e. The maximum absolute atomic E-state index is 11.5. The summed E-state index contributed by atoms with van der Waals surface area (Å²) in [5.74, 6) is -1.04. The molecule has 0 aliphatic heterocycles. The predicted octanol–water partition coefficient (Wildman–Crippen LogP) is 1.19. The highest BCUT2D eigenvalue weighted by Gasteiger charge is 2.14. The SMILES string of the molecule is CC(O)=C(C#N)C(=O)NCC(O)c1ccccc1. The zero-order chi connectivity index (χ0) is 13.5. The summed E-state index contributed by atoms with van der Waals surface area (Å²) in [5.41, 5.74) is 0.316. The van der Waals surface area contributed by atoms with Gasteiger partial charge < -0.3 is 15.5 Å². The summed E-state index contributed by atoms with van der Waals surface area (Å²) in [4.78, 5) is 11.5. The molecular weight excluding hydrogens is 232 g/mol. The quantitative estimate of drug-likeness (QED) is 0.422. The molecule has 0 saturated heterocycles. The van der Waals surface area contributed by atoms with Crippen LogP contribution in [0.2, 0.25) is 0 Å². The average molecular weight is 246 g/mol. The number of nitrogens with one attached hydrogen (secondary N) is 1. The number of aliphatic hydroxyl groups is 2. The summed E-state index contributed by atoms with van der Waals surface area (Å²) in [5, 5.41) is 29.9. The second kappa shape index (κ2) is 6.42. The van der Waals surface area contributed by atoms with Crippen LogP contribution in [-0.4, -0.2) is 22.7 Å². The summed E-state index contributed by atoms with van der Waals surface area (Å²) in [7, 11) is 0. The number of nitrogens with zero attached hydrogens (tertiary/aromatic N) is 1. The van der Waals surface area contributed by atoms with E-state index in [4.69, 9.17) is 10.4 Å². The molecule has 0 fully saturated rings. The van der Waals surface area contributed by atoms with Crippen molar-refractivity contribution in [1.82, 2.24) is 5.32 Å². The van der Waals surface area contributed by atoms with E-state index in [1.54, 1.807) is 30.3 Å². The van der Waals surface area contributed by atoms with Crippen LogP contribution in [0.1, 0.15) is 18.6 Å². The second-order valence-electron chi connectivity index (χ2n) is 3.71. The number of rotatable bonds is 4. The molecule has 0 spiro atoms. The molecule has 5 nitrogen and oxygen atoms in total. The monoisotopic (exact) mass is 246 g/mol. The highest BCUT2D eigenvalue weighted by Crippen LogP contribution is 2.10. The molecule has 5 heteroatoms. The minimum absolute atomic E-state index is 0.0265. The minimum Gasteiger partial charge on any atom is -0.511 e. The Balaban J connectivity index is 2.60. The first kappa shape index (κ1) is 13.7. The summed E-state index contributed by atoms with van der Waals surface area (Å²) < 4.78 is 0. The predicted molar refractivity (Wildman–Crippen MR) is 65.4 cm³/mol. The number of carbonyl (C=O) groups excluding carboxylic acids is 1. The first-order chi connectivity index (χ1) is 8.56. The third-order valence-electron chi connectivity index (χ3n) is 2.34. The van der Waals surface area contributed by atoms with Crippen LogP contribution in [0.4, 0.5) is 0 Å². The molecule has 0 aromatic heterocycles. The van der Waals surface area contributed by atoms with E-state index < -0.39 is 12.0 Å². The van der Waals surface area contributed by atoms with Gasteiger partial charge in [-0.25, -0.2) is 0 Å². The Morgan fingerprint density at radius 1 is 1.44 bits per heavy atom. The highest BCUT2D eigenvalue weighted by molar-refractivity contribution is 5.97. The molecule has 0 aliphatic carbocycles. The minimum atomic E-state index is -0.853. The molecule has 1 rings (SSSR count). The molecule has 1 aromatic rings. The van der Waals surface area contributed by atoms with E-state index in [1.807, 2.05) is 6.07 Å². The summed E-state index contributed by atoms with van der Waals surface area (Å²) in [6.45, 7) is 1.23. The van der Waals surface area contributed by atoms with Crippen molar-refractivity contribution in [3.8, 4) is 6.07 Å². The molecule has 94 valence electrons. The molecular formula is C13H14N2O3. The van der Waals surface area contributed by atoms with E-state index in [1.165, 1.54) is 6.92 Å². The Morgan fingerprint density at radius 3 is 2.56 bits per heavy atom. The lowest BCUT2D eigenvalue weighted by Gasteiger charge is -2.11. The highest BCUT2D eigenvalue weighted by atomic mass is 16.3. The van der Waals surface area contributed by atoms with Gasteiger partial charge in [0.25, 0.3) is 5.91 Å². The van der Waals surface area contributed by atoms with Gasteiger partial charge >= 0.3 is 0 Å². The maximum atomic E-state index is 11.5. The first-order valence-electron chi connectivity index (χ1n) is 5.37. The fourth-order valence-electron chi connectivity index (χ4n) is 1.37. The number of aliphatic hydroxyl groups excluding tert-OH is 2. The van der Waals surface area contributed by atoms with Crippen molar-refractivity contribution in [3.63, 3.8) is 0 Å². The van der Waals surface area contributed by atoms with E-state index in [0.717, 1.165) is 0 Å². The van der Waals surface area contributed by atoms with E-state index in [0.29, 0.717) is 5.56 Å². The van der Waals surface area contributed by atoms with Crippen LogP contribution in [0.25, 0.3) is 0 Å². The zero-order valence-corrected chi connectivity index (χ0v) is 9.92. The third-order valence-corrected chi connectivity index (χ3v) is 2.34. The van der Waals surface area contributed by atoms with E-state index in [2.05, 4.69) is 5.32 Å². The van der Waals surface area contributed by atoms with Gasteiger partial charge in [-0.3, -0.25) is 4.79 Å². The van der Waals surface area contributed by atoms with Gasteiger partial charge in [-0.2, -0.15) is 5.26 Å². The van der Waals surface area contributed by atoms with E-state index in [9.17, 15) is 9.90 Å². The van der Waals surface area contributed by atoms with Crippen LogP contribution in [0.15, 0.2) is 41.7 Å². The maximum Gasteiger partial charge on any atom is 0.265 e. The number of carbonyl (C=O) groups is 1. The van der Waals surface area contributed by atoms with Gasteiger partial charge in [0.1, 0.15) is 11.8 Å². The van der Waals surface area contributed by atoms with Crippen LogP contribution in [-0.2, 0) is 4.79 Å².